The maximum Gasteiger partial charge on any atom is 0.416 e. The van der Waals surface area contributed by atoms with Gasteiger partial charge in [-0.1, -0.05) is 28.1 Å². The fraction of sp³-hybridized carbons (Fsp3) is 0.381. The Morgan fingerprint density at radius 3 is 1.97 bits per heavy atom. The van der Waals surface area contributed by atoms with Crippen molar-refractivity contribution in [3.63, 3.8) is 0 Å². The van der Waals surface area contributed by atoms with E-state index >= 15 is 0 Å². The third-order valence-corrected chi connectivity index (χ3v) is 5.02. The van der Waals surface area contributed by atoms with Crippen molar-refractivity contribution in [3.8, 4) is 0 Å². The van der Waals surface area contributed by atoms with Crippen LogP contribution in [-0.4, -0.2) is 38.0 Å². The predicted molar refractivity (Wildman–Crippen MR) is 112 cm³/mol. The lowest BCUT2D eigenvalue weighted by Crippen LogP contribution is -2.39. The van der Waals surface area contributed by atoms with Crippen molar-refractivity contribution in [2.75, 3.05) is 27.2 Å². The first-order valence-corrected chi connectivity index (χ1v) is 10.3. The van der Waals surface area contributed by atoms with Gasteiger partial charge in [-0.15, -0.1) is 0 Å². The maximum absolute atomic E-state index is 13.0. The van der Waals surface area contributed by atoms with Gasteiger partial charge >= 0.3 is 12.4 Å². The third kappa shape index (κ3) is 7.79. The van der Waals surface area contributed by atoms with Crippen molar-refractivity contribution in [1.82, 2.24) is 15.5 Å². The first kappa shape index (κ1) is 26.1. The van der Waals surface area contributed by atoms with Gasteiger partial charge in [0.1, 0.15) is 6.04 Å². The third-order valence-electron chi connectivity index (χ3n) is 4.49. The average molecular weight is 526 g/mol. The summed E-state index contributed by atoms with van der Waals surface area (Å²) in [6, 6.07) is 7.27. The number of carbonyl (C=O) groups is 1. The topological polar surface area (TPSA) is 44.4 Å². The number of nitrogens with zero attached hydrogens (tertiary/aromatic N) is 1. The molecule has 1 atom stereocenters. The molecule has 0 aromatic heterocycles. The Kier molecular flexibility index (Phi) is 8.72. The standard InChI is InChI=1S/C21H22BrF6N3O/c1-31(2)8-7-29-18(14-3-5-17(22)6-4-14)19(32)30-12-13-9-15(20(23,24)25)11-16(10-13)21(26,27)28/h3-6,9-11,18,29H,7-8,12H2,1-2H3,(H,30,32). The van der Waals surface area contributed by atoms with Gasteiger partial charge in [-0.05, 0) is 55.6 Å². The van der Waals surface area contributed by atoms with Crippen LogP contribution in [0.1, 0.15) is 28.3 Å². The molecule has 0 aliphatic heterocycles. The van der Waals surface area contributed by atoms with Gasteiger partial charge in [0, 0.05) is 24.1 Å². The molecule has 0 spiro atoms. The molecule has 0 saturated heterocycles. The quantitative estimate of drug-likeness (QED) is 0.477. The second-order valence-electron chi connectivity index (χ2n) is 7.37. The summed E-state index contributed by atoms with van der Waals surface area (Å²) in [5.74, 6) is -0.572. The number of benzene rings is 2. The number of halogens is 7. The Morgan fingerprint density at radius 1 is 0.969 bits per heavy atom. The van der Waals surface area contributed by atoms with Gasteiger partial charge in [0.15, 0.2) is 0 Å². The molecular formula is C21H22BrF6N3O. The summed E-state index contributed by atoms with van der Waals surface area (Å²) in [4.78, 5) is 14.7. The Labute approximate surface area is 190 Å². The van der Waals surface area contributed by atoms with Gasteiger partial charge in [-0.3, -0.25) is 4.79 Å². The van der Waals surface area contributed by atoms with E-state index in [1.807, 2.05) is 19.0 Å². The van der Waals surface area contributed by atoms with Gasteiger partial charge in [0.25, 0.3) is 0 Å². The predicted octanol–water partition coefficient (Wildman–Crippen LogP) is 5.00. The molecule has 0 aliphatic rings. The molecule has 0 aliphatic carbocycles. The highest BCUT2D eigenvalue weighted by molar-refractivity contribution is 9.10. The molecule has 2 aromatic carbocycles. The highest BCUT2D eigenvalue weighted by Crippen LogP contribution is 2.36. The number of carbonyl (C=O) groups excluding carboxylic acids is 1. The van der Waals surface area contributed by atoms with E-state index in [0.29, 0.717) is 30.8 Å². The first-order valence-electron chi connectivity index (χ1n) is 9.47. The minimum Gasteiger partial charge on any atom is -0.350 e. The second kappa shape index (κ2) is 10.7. The van der Waals surface area contributed by atoms with Crippen molar-refractivity contribution < 1.29 is 31.1 Å². The SMILES string of the molecule is CN(C)CCNC(C(=O)NCc1cc(C(F)(F)F)cc(C(F)(F)F)c1)c1ccc(Br)cc1. The van der Waals surface area contributed by atoms with Gasteiger partial charge in [-0.2, -0.15) is 26.3 Å². The Morgan fingerprint density at radius 2 is 1.50 bits per heavy atom. The Hall–Kier alpha value is -2.11. The number of hydrogen-bond donors (Lipinski definition) is 2. The van der Waals surface area contributed by atoms with Crippen LogP contribution in [0.25, 0.3) is 0 Å². The monoisotopic (exact) mass is 525 g/mol. The molecule has 2 N–H and O–H groups in total. The largest absolute Gasteiger partial charge is 0.416 e. The number of amides is 1. The summed E-state index contributed by atoms with van der Waals surface area (Å²) >= 11 is 3.30. The fourth-order valence-corrected chi connectivity index (χ4v) is 3.13. The molecule has 176 valence electrons. The smallest absolute Gasteiger partial charge is 0.350 e. The van der Waals surface area contributed by atoms with Crippen LogP contribution in [0, 0.1) is 0 Å². The zero-order chi connectivity index (χ0) is 24.1. The molecule has 2 aromatic rings. The van der Waals surface area contributed by atoms with Crippen LogP contribution >= 0.6 is 15.9 Å². The first-order chi connectivity index (χ1) is 14.8. The van der Waals surface area contributed by atoms with Crippen LogP contribution in [0.5, 0.6) is 0 Å². The fourth-order valence-electron chi connectivity index (χ4n) is 2.86. The summed E-state index contributed by atoms with van der Waals surface area (Å²) in [6.45, 7) is 0.556. The minimum atomic E-state index is -4.95. The van der Waals surface area contributed by atoms with Crippen molar-refractivity contribution >= 4 is 21.8 Å². The van der Waals surface area contributed by atoms with Gasteiger partial charge < -0.3 is 15.5 Å². The highest BCUT2D eigenvalue weighted by Gasteiger charge is 2.37. The number of alkyl halides is 6. The van der Waals surface area contributed by atoms with Crippen molar-refractivity contribution in [2.24, 2.45) is 0 Å². The van der Waals surface area contributed by atoms with Crippen molar-refractivity contribution in [1.29, 1.82) is 0 Å². The summed E-state index contributed by atoms with van der Waals surface area (Å²) in [7, 11) is 3.70. The van der Waals surface area contributed by atoms with Crippen LogP contribution in [-0.2, 0) is 23.7 Å². The summed E-state index contributed by atoms with van der Waals surface area (Å²) in [5, 5.41) is 5.51. The molecule has 0 heterocycles. The number of nitrogens with one attached hydrogen (secondary N) is 2. The normalized spacial score (nSPS) is 13.3. The molecule has 11 heteroatoms. The molecule has 1 amide bonds. The zero-order valence-electron chi connectivity index (χ0n) is 17.2. The van der Waals surface area contributed by atoms with Crippen LogP contribution < -0.4 is 10.6 Å². The van der Waals surface area contributed by atoms with Crippen molar-refractivity contribution in [2.45, 2.75) is 24.9 Å². The molecule has 32 heavy (non-hydrogen) atoms. The average Bonchev–Trinajstić information content (AvgIpc) is 2.68. The van der Waals surface area contributed by atoms with Crippen LogP contribution in [0.4, 0.5) is 26.3 Å². The molecular weight excluding hydrogens is 504 g/mol. The zero-order valence-corrected chi connectivity index (χ0v) is 18.8. The number of hydrogen-bond acceptors (Lipinski definition) is 3. The lowest BCUT2D eigenvalue weighted by molar-refractivity contribution is -0.143. The number of rotatable bonds is 8. The van der Waals surface area contributed by atoms with E-state index < -0.39 is 42.0 Å². The lowest BCUT2D eigenvalue weighted by Gasteiger charge is -2.21. The van der Waals surface area contributed by atoms with Gasteiger partial charge in [0.2, 0.25) is 5.91 Å². The summed E-state index contributed by atoms with van der Waals surface area (Å²) < 4.78 is 79.1. The molecule has 0 bridgehead atoms. The van der Waals surface area contributed by atoms with Crippen molar-refractivity contribution in [3.05, 3.63) is 69.2 Å². The van der Waals surface area contributed by atoms with E-state index in [0.717, 1.165) is 4.47 Å². The van der Waals surface area contributed by atoms with E-state index in [4.69, 9.17) is 0 Å². The highest BCUT2D eigenvalue weighted by atomic mass is 79.9. The van der Waals surface area contributed by atoms with E-state index in [1.165, 1.54) is 0 Å². The minimum absolute atomic E-state index is 0.0543. The lowest BCUT2D eigenvalue weighted by atomic mass is 10.0. The van der Waals surface area contributed by atoms with Gasteiger partial charge in [-0.25, -0.2) is 0 Å². The van der Waals surface area contributed by atoms with E-state index in [-0.39, 0.29) is 11.6 Å². The molecule has 2 rings (SSSR count). The summed E-state index contributed by atoms with van der Waals surface area (Å²) in [5.41, 5.74) is -2.55. The maximum atomic E-state index is 13.0. The van der Waals surface area contributed by atoms with E-state index in [9.17, 15) is 31.1 Å². The van der Waals surface area contributed by atoms with Crippen LogP contribution in [0.2, 0.25) is 0 Å². The summed E-state index contributed by atoms with van der Waals surface area (Å²) in [6.07, 6.45) is -9.90. The van der Waals surface area contributed by atoms with E-state index in [2.05, 4.69) is 26.6 Å². The Bertz CT molecular complexity index is 881. The molecule has 4 nitrogen and oxygen atoms in total. The van der Waals surface area contributed by atoms with Crippen LogP contribution in [0.15, 0.2) is 46.9 Å². The van der Waals surface area contributed by atoms with E-state index in [1.54, 1.807) is 24.3 Å². The Balaban J connectivity index is 2.23. The molecule has 1 unspecified atom stereocenters. The molecule has 0 fully saturated rings. The van der Waals surface area contributed by atoms with Gasteiger partial charge in [0.05, 0.1) is 11.1 Å². The number of likely N-dealkylation sites (N-methyl/N-ethyl adjacent to an activating group) is 1. The second-order valence-corrected chi connectivity index (χ2v) is 8.29. The molecule has 0 radical (unpaired) electrons. The van der Waals surface area contributed by atoms with Crippen LogP contribution in [0.3, 0.4) is 0 Å². The molecule has 0 saturated carbocycles.